The lowest BCUT2D eigenvalue weighted by atomic mass is 10.1. The van der Waals surface area contributed by atoms with Gasteiger partial charge in [-0.3, -0.25) is 4.98 Å². The number of piperazine rings is 1. The molecule has 1 saturated heterocycles. The Hall–Kier alpha value is -1.29. The number of aromatic nitrogens is 1. The minimum absolute atomic E-state index is 0.509. The van der Waals surface area contributed by atoms with Gasteiger partial charge < -0.3 is 16.0 Å². The first-order valence-electron chi connectivity index (χ1n) is 5.36. The maximum Gasteiger partial charge on any atom is 0.0574 e. The molecular weight excluding hydrogens is 188 g/mol. The monoisotopic (exact) mass is 206 g/mol. The molecule has 1 aromatic heterocycles. The van der Waals surface area contributed by atoms with Crippen molar-refractivity contribution < 1.29 is 0 Å². The molecule has 1 aromatic rings. The molecule has 15 heavy (non-hydrogen) atoms. The summed E-state index contributed by atoms with van der Waals surface area (Å²) >= 11 is 0. The number of anilines is 2. The smallest absolute Gasteiger partial charge is 0.0574 e. The molecule has 1 unspecified atom stereocenters. The number of nitrogens with two attached hydrogens (primary N) is 1. The number of hydrogen-bond donors (Lipinski definition) is 2. The van der Waals surface area contributed by atoms with Gasteiger partial charge in [-0.15, -0.1) is 0 Å². The van der Waals surface area contributed by atoms with E-state index >= 15 is 0 Å². The molecule has 4 heteroatoms. The van der Waals surface area contributed by atoms with E-state index in [0.29, 0.717) is 12.1 Å². The van der Waals surface area contributed by atoms with Gasteiger partial charge in [-0.2, -0.15) is 0 Å². The quantitative estimate of drug-likeness (QED) is 0.715. The molecular formula is C11H18N4. The average molecular weight is 206 g/mol. The first kappa shape index (κ1) is 10.2. The minimum atomic E-state index is 0.509. The largest absolute Gasteiger partial charge is 0.397 e. The van der Waals surface area contributed by atoms with E-state index in [0.717, 1.165) is 24.5 Å². The van der Waals surface area contributed by atoms with Crippen molar-refractivity contribution in [3.63, 3.8) is 0 Å². The highest BCUT2D eigenvalue weighted by Crippen LogP contribution is 2.18. The van der Waals surface area contributed by atoms with E-state index < -0.39 is 0 Å². The molecule has 0 saturated carbocycles. The Morgan fingerprint density at radius 2 is 2.00 bits per heavy atom. The van der Waals surface area contributed by atoms with Crippen molar-refractivity contribution in [3.8, 4) is 0 Å². The normalized spacial score (nSPS) is 26.7. The van der Waals surface area contributed by atoms with Gasteiger partial charge in [-0.05, 0) is 19.9 Å². The van der Waals surface area contributed by atoms with Gasteiger partial charge in [-0.25, -0.2) is 0 Å². The van der Waals surface area contributed by atoms with Crippen LogP contribution < -0.4 is 16.0 Å². The molecule has 0 radical (unpaired) electrons. The summed E-state index contributed by atoms with van der Waals surface area (Å²) in [5.41, 5.74) is 7.58. The van der Waals surface area contributed by atoms with Crippen LogP contribution in [0, 0.1) is 0 Å². The lowest BCUT2D eigenvalue weighted by molar-refractivity contribution is 0.407. The molecule has 1 aliphatic rings. The van der Waals surface area contributed by atoms with Crippen LogP contribution in [-0.4, -0.2) is 30.2 Å². The van der Waals surface area contributed by atoms with E-state index in [2.05, 4.69) is 29.0 Å². The van der Waals surface area contributed by atoms with Gasteiger partial charge in [0, 0.05) is 31.4 Å². The van der Waals surface area contributed by atoms with E-state index in [1.165, 1.54) is 0 Å². The molecule has 4 nitrogen and oxygen atoms in total. The topological polar surface area (TPSA) is 54.2 Å². The fourth-order valence-corrected chi connectivity index (χ4v) is 2.16. The van der Waals surface area contributed by atoms with Gasteiger partial charge in [0.1, 0.15) is 0 Å². The Morgan fingerprint density at radius 1 is 1.33 bits per heavy atom. The highest BCUT2D eigenvalue weighted by molar-refractivity contribution is 5.53. The predicted molar refractivity (Wildman–Crippen MR) is 62.9 cm³/mol. The Bertz CT molecular complexity index is 329. The number of rotatable bonds is 1. The molecule has 82 valence electrons. The molecule has 0 spiro atoms. The zero-order valence-electron chi connectivity index (χ0n) is 9.27. The van der Waals surface area contributed by atoms with Gasteiger partial charge in [0.05, 0.1) is 17.6 Å². The van der Waals surface area contributed by atoms with Crippen LogP contribution in [0.3, 0.4) is 0 Å². The summed E-state index contributed by atoms with van der Waals surface area (Å²) in [6.07, 6.45) is 3.56. The van der Waals surface area contributed by atoms with Crippen LogP contribution in [0.25, 0.3) is 0 Å². The third kappa shape index (κ3) is 2.39. The zero-order chi connectivity index (χ0) is 10.8. The summed E-state index contributed by atoms with van der Waals surface area (Å²) in [6.45, 7) is 6.41. The van der Waals surface area contributed by atoms with Crippen LogP contribution >= 0.6 is 0 Å². The summed E-state index contributed by atoms with van der Waals surface area (Å²) in [5, 5.41) is 3.50. The second-order valence-electron chi connectivity index (χ2n) is 4.35. The van der Waals surface area contributed by atoms with Crippen molar-refractivity contribution in [2.24, 2.45) is 0 Å². The number of hydrogen-bond acceptors (Lipinski definition) is 4. The van der Waals surface area contributed by atoms with Crippen molar-refractivity contribution in [1.82, 2.24) is 10.3 Å². The Kier molecular flexibility index (Phi) is 2.77. The van der Waals surface area contributed by atoms with Crippen molar-refractivity contribution in [1.29, 1.82) is 0 Å². The number of nitrogens with one attached hydrogen (secondary N) is 1. The second kappa shape index (κ2) is 4.06. The van der Waals surface area contributed by atoms with Crippen LogP contribution in [0.2, 0.25) is 0 Å². The van der Waals surface area contributed by atoms with E-state index in [-0.39, 0.29) is 0 Å². The standard InChI is InChI=1S/C11H18N4/c1-8-6-15(7-9(2)14-8)11-3-10(12)4-13-5-11/h3-5,8-9,14H,6-7,12H2,1-2H3/t8-,9?/m1/s1. The Labute approximate surface area is 90.5 Å². The van der Waals surface area contributed by atoms with Crippen LogP contribution in [0.1, 0.15) is 13.8 Å². The highest BCUT2D eigenvalue weighted by atomic mass is 15.2. The van der Waals surface area contributed by atoms with Gasteiger partial charge in [0.2, 0.25) is 0 Å². The van der Waals surface area contributed by atoms with Gasteiger partial charge >= 0.3 is 0 Å². The Morgan fingerprint density at radius 3 is 2.60 bits per heavy atom. The fraction of sp³-hybridized carbons (Fsp3) is 0.545. The molecule has 3 N–H and O–H groups in total. The van der Waals surface area contributed by atoms with Crippen LogP contribution in [0.4, 0.5) is 11.4 Å². The first-order chi connectivity index (χ1) is 7.15. The third-order valence-electron chi connectivity index (χ3n) is 2.67. The van der Waals surface area contributed by atoms with Crippen LogP contribution in [-0.2, 0) is 0 Å². The summed E-state index contributed by atoms with van der Waals surface area (Å²) in [5.74, 6) is 0. The molecule has 0 amide bonds. The van der Waals surface area contributed by atoms with Gasteiger partial charge in [0.15, 0.2) is 0 Å². The minimum Gasteiger partial charge on any atom is -0.397 e. The van der Waals surface area contributed by atoms with Gasteiger partial charge in [0.25, 0.3) is 0 Å². The lowest BCUT2D eigenvalue weighted by Crippen LogP contribution is -2.54. The maximum atomic E-state index is 5.73. The van der Waals surface area contributed by atoms with Crippen molar-refractivity contribution in [2.75, 3.05) is 23.7 Å². The zero-order valence-corrected chi connectivity index (χ0v) is 9.27. The molecule has 0 aromatic carbocycles. The highest BCUT2D eigenvalue weighted by Gasteiger charge is 2.21. The molecule has 2 heterocycles. The van der Waals surface area contributed by atoms with Crippen molar-refractivity contribution >= 4 is 11.4 Å². The van der Waals surface area contributed by atoms with E-state index in [4.69, 9.17) is 5.73 Å². The number of nitrogens with zero attached hydrogens (tertiary/aromatic N) is 2. The number of nitrogen functional groups attached to an aromatic ring is 1. The second-order valence-corrected chi connectivity index (χ2v) is 4.35. The van der Waals surface area contributed by atoms with Crippen molar-refractivity contribution in [3.05, 3.63) is 18.5 Å². The predicted octanol–water partition coefficient (Wildman–Crippen LogP) is 0.850. The Balaban J connectivity index is 2.16. The SMILES string of the molecule is CC1CN(c2cncc(N)c2)C[C@@H](C)N1. The molecule has 1 fully saturated rings. The third-order valence-corrected chi connectivity index (χ3v) is 2.67. The van der Waals surface area contributed by atoms with E-state index in [1.807, 2.05) is 12.3 Å². The lowest BCUT2D eigenvalue weighted by Gasteiger charge is -2.37. The average Bonchev–Trinajstić information content (AvgIpc) is 2.16. The first-order valence-corrected chi connectivity index (χ1v) is 5.36. The molecule has 0 bridgehead atoms. The van der Waals surface area contributed by atoms with Crippen molar-refractivity contribution in [2.45, 2.75) is 25.9 Å². The fourth-order valence-electron chi connectivity index (χ4n) is 2.16. The molecule has 1 aliphatic heterocycles. The van der Waals surface area contributed by atoms with E-state index in [9.17, 15) is 0 Å². The summed E-state index contributed by atoms with van der Waals surface area (Å²) in [4.78, 5) is 6.45. The molecule has 2 rings (SSSR count). The summed E-state index contributed by atoms with van der Waals surface area (Å²) < 4.78 is 0. The van der Waals surface area contributed by atoms with Crippen LogP contribution in [0.5, 0.6) is 0 Å². The van der Waals surface area contributed by atoms with E-state index in [1.54, 1.807) is 6.20 Å². The number of pyridine rings is 1. The van der Waals surface area contributed by atoms with Crippen LogP contribution in [0.15, 0.2) is 18.5 Å². The van der Waals surface area contributed by atoms with Gasteiger partial charge in [-0.1, -0.05) is 0 Å². The molecule has 2 atom stereocenters. The molecule has 0 aliphatic carbocycles. The maximum absolute atomic E-state index is 5.73. The summed E-state index contributed by atoms with van der Waals surface area (Å²) in [7, 11) is 0. The summed E-state index contributed by atoms with van der Waals surface area (Å²) in [6, 6.07) is 3.00.